The third-order valence-corrected chi connectivity index (χ3v) is 2.44. The maximum Gasteiger partial charge on any atom is 0.291 e. The quantitative estimate of drug-likeness (QED) is 0.772. The monoisotopic (exact) mass is 298 g/mol. The lowest BCUT2D eigenvalue weighted by molar-refractivity contribution is 0.0943. The van der Waals surface area contributed by atoms with Gasteiger partial charge in [0.25, 0.3) is 11.7 Å². The molecule has 8 heteroatoms. The van der Waals surface area contributed by atoms with Crippen molar-refractivity contribution in [2.24, 2.45) is 5.73 Å². The summed E-state index contributed by atoms with van der Waals surface area (Å²) in [5.74, 6) is 0.171. The van der Waals surface area contributed by atoms with Crippen molar-refractivity contribution in [1.29, 1.82) is 0 Å². The molecular formula is C9H11BrN6O. The van der Waals surface area contributed by atoms with Gasteiger partial charge in [-0.1, -0.05) is 0 Å². The molecule has 0 fully saturated rings. The maximum absolute atomic E-state index is 11.6. The van der Waals surface area contributed by atoms with Gasteiger partial charge in [0, 0.05) is 18.9 Å². The first-order valence-electron chi connectivity index (χ1n) is 5.07. The van der Waals surface area contributed by atoms with Gasteiger partial charge in [-0.3, -0.25) is 4.79 Å². The molecule has 0 radical (unpaired) electrons. The van der Waals surface area contributed by atoms with E-state index in [1.165, 1.54) is 4.52 Å². The van der Waals surface area contributed by atoms with E-state index in [0.717, 1.165) is 10.9 Å². The van der Waals surface area contributed by atoms with Crippen molar-refractivity contribution in [3.8, 4) is 0 Å². The Hall–Kier alpha value is -1.54. The van der Waals surface area contributed by atoms with Crippen molar-refractivity contribution in [3.05, 3.63) is 22.7 Å². The fourth-order valence-electron chi connectivity index (χ4n) is 1.24. The molecule has 0 atom stereocenters. The van der Waals surface area contributed by atoms with Gasteiger partial charge in [0.2, 0.25) is 5.82 Å². The average Bonchev–Trinajstić information content (AvgIpc) is 2.72. The molecule has 0 unspecified atom stereocenters. The Labute approximate surface area is 106 Å². The summed E-state index contributed by atoms with van der Waals surface area (Å²) < 4.78 is 2.21. The SMILES string of the molecule is NCCCNC(=O)c1nc2ncc(Br)cn2n1. The number of carbonyl (C=O) groups excluding carboxylic acids is 1. The van der Waals surface area contributed by atoms with E-state index in [1.54, 1.807) is 12.4 Å². The van der Waals surface area contributed by atoms with Crippen LogP contribution in [0, 0.1) is 0 Å². The second-order valence-corrected chi connectivity index (χ2v) is 4.27. The Morgan fingerprint density at radius 2 is 2.41 bits per heavy atom. The van der Waals surface area contributed by atoms with E-state index in [4.69, 9.17) is 5.73 Å². The van der Waals surface area contributed by atoms with Crippen LogP contribution in [0.1, 0.15) is 17.0 Å². The summed E-state index contributed by atoms with van der Waals surface area (Å²) >= 11 is 3.26. The summed E-state index contributed by atoms with van der Waals surface area (Å²) in [4.78, 5) is 19.7. The fourth-order valence-corrected chi connectivity index (χ4v) is 1.53. The number of rotatable bonds is 4. The van der Waals surface area contributed by atoms with Crippen LogP contribution in [-0.2, 0) is 0 Å². The smallest absolute Gasteiger partial charge is 0.291 e. The number of carbonyl (C=O) groups is 1. The van der Waals surface area contributed by atoms with E-state index in [0.29, 0.717) is 18.9 Å². The molecule has 7 nitrogen and oxygen atoms in total. The van der Waals surface area contributed by atoms with E-state index in [2.05, 4.69) is 36.3 Å². The van der Waals surface area contributed by atoms with Crippen LogP contribution in [0.5, 0.6) is 0 Å². The Morgan fingerprint density at radius 3 is 3.18 bits per heavy atom. The molecule has 0 saturated carbocycles. The van der Waals surface area contributed by atoms with Crippen LogP contribution < -0.4 is 11.1 Å². The Bertz CT molecular complexity index is 539. The lowest BCUT2D eigenvalue weighted by Crippen LogP contribution is -2.27. The van der Waals surface area contributed by atoms with Gasteiger partial charge >= 0.3 is 0 Å². The third kappa shape index (κ3) is 2.77. The van der Waals surface area contributed by atoms with Gasteiger partial charge in [-0.15, -0.1) is 5.10 Å². The molecule has 17 heavy (non-hydrogen) atoms. The molecule has 2 aromatic heterocycles. The molecule has 0 aliphatic carbocycles. The summed E-state index contributed by atoms with van der Waals surface area (Å²) in [5, 5.41) is 6.70. The largest absolute Gasteiger partial charge is 0.349 e. The summed E-state index contributed by atoms with van der Waals surface area (Å²) in [6.07, 6.45) is 4.01. The molecule has 1 amide bonds. The number of hydrogen-bond donors (Lipinski definition) is 2. The highest BCUT2D eigenvalue weighted by atomic mass is 79.9. The van der Waals surface area contributed by atoms with Crippen LogP contribution in [0.15, 0.2) is 16.9 Å². The predicted molar refractivity (Wildman–Crippen MR) is 64.5 cm³/mol. The minimum absolute atomic E-state index is 0.104. The van der Waals surface area contributed by atoms with Crippen molar-refractivity contribution < 1.29 is 4.79 Å². The predicted octanol–water partition coefficient (Wildman–Crippen LogP) is -0.0346. The number of halogens is 1. The second kappa shape index (κ2) is 5.19. The van der Waals surface area contributed by atoms with Crippen molar-refractivity contribution >= 4 is 27.6 Å². The van der Waals surface area contributed by atoms with Crippen LogP contribution in [0.25, 0.3) is 5.78 Å². The van der Waals surface area contributed by atoms with E-state index in [1.807, 2.05) is 0 Å². The lowest BCUT2D eigenvalue weighted by atomic mass is 10.4. The first kappa shape index (κ1) is 11.9. The van der Waals surface area contributed by atoms with Crippen LogP contribution in [0.2, 0.25) is 0 Å². The molecule has 2 aromatic rings. The number of nitrogens with two attached hydrogens (primary N) is 1. The summed E-state index contributed by atoms with van der Waals surface area (Å²) in [5.41, 5.74) is 5.33. The molecular weight excluding hydrogens is 288 g/mol. The summed E-state index contributed by atoms with van der Waals surface area (Å²) in [6.45, 7) is 1.05. The Morgan fingerprint density at radius 1 is 1.59 bits per heavy atom. The van der Waals surface area contributed by atoms with Crippen LogP contribution in [-0.4, -0.2) is 38.6 Å². The molecule has 90 valence electrons. The van der Waals surface area contributed by atoms with Crippen LogP contribution >= 0.6 is 15.9 Å². The van der Waals surface area contributed by atoms with Crippen LogP contribution in [0.3, 0.4) is 0 Å². The molecule has 3 N–H and O–H groups in total. The number of nitrogens with zero attached hydrogens (tertiary/aromatic N) is 4. The van der Waals surface area contributed by atoms with Crippen molar-refractivity contribution in [3.63, 3.8) is 0 Å². The second-order valence-electron chi connectivity index (χ2n) is 3.35. The van der Waals surface area contributed by atoms with Gasteiger partial charge in [0.15, 0.2) is 0 Å². The highest BCUT2D eigenvalue weighted by Gasteiger charge is 2.12. The van der Waals surface area contributed by atoms with Crippen molar-refractivity contribution in [1.82, 2.24) is 24.9 Å². The number of hydrogen-bond acceptors (Lipinski definition) is 5. The summed E-state index contributed by atoms with van der Waals surface area (Å²) in [7, 11) is 0. The zero-order valence-corrected chi connectivity index (χ0v) is 10.5. The standard InChI is InChI=1S/C9H11BrN6O/c10-6-4-13-9-14-7(15-16(9)5-6)8(17)12-3-1-2-11/h4-5H,1-3,11H2,(H,12,17). The van der Waals surface area contributed by atoms with Gasteiger partial charge < -0.3 is 11.1 Å². The number of amides is 1. The maximum atomic E-state index is 11.6. The van der Waals surface area contributed by atoms with E-state index < -0.39 is 0 Å². The molecule has 2 heterocycles. The number of nitrogens with one attached hydrogen (secondary N) is 1. The van der Waals surface area contributed by atoms with Crippen LogP contribution in [0.4, 0.5) is 0 Å². The number of fused-ring (bicyclic) bond motifs is 1. The number of aromatic nitrogens is 4. The average molecular weight is 299 g/mol. The highest BCUT2D eigenvalue weighted by molar-refractivity contribution is 9.10. The van der Waals surface area contributed by atoms with E-state index in [-0.39, 0.29) is 11.7 Å². The minimum atomic E-state index is -0.319. The zero-order valence-electron chi connectivity index (χ0n) is 8.93. The Kier molecular flexibility index (Phi) is 3.64. The van der Waals surface area contributed by atoms with E-state index in [9.17, 15) is 4.79 Å². The van der Waals surface area contributed by atoms with Gasteiger partial charge in [-0.25, -0.2) is 9.50 Å². The normalized spacial score (nSPS) is 10.7. The molecule has 0 aromatic carbocycles. The molecule has 0 spiro atoms. The highest BCUT2D eigenvalue weighted by Crippen LogP contribution is 2.07. The first-order valence-corrected chi connectivity index (χ1v) is 5.86. The molecule has 2 rings (SSSR count). The van der Waals surface area contributed by atoms with Gasteiger partial charge in [-0.05, 0) is 28.9 Å². The molecule has 0 bridgehead atoms. The third-order valence-electron chi connectivity index (χ3n) is 2.03. The molecule has 0 aliphatic heterocycles. The first-order chi connectivity index (χ1) is 8.20. The Balaban J connectivity index is 2.15. The summed E-state index contributed by atoms with van der Waals surface area (Å²) in [6, 6.07) is 0. The fraction of sp³-hybridized carbons (Fsp3) is 0.333. The van der Waals surface area contributed by atoms with E-state index >= 15 is 0 Å². The van der Waals surface area contributed by atoms with Gasteiger partial charge in [0.05, 0.1) is 4.47 Å². The zero-order chi connectivity index (χ0) is 12.3. The lowest BCUT2D eigenvalue weighted by Gasteiger charge is -1.98. The minimum Gasteiger partial charge on any atom is -0.349 e. The van der Waals surface area contributed by atoms with Gasteiger partial charge in [-0.2, -0.15) is 4.98 Å². The molecule has 0 aliphatic rings. The van der Waals surface area contributed by atoms with Crippen molar-refractivity contribution in [2.75, 3.05) is 13.1 Å². The molecule has 0 saturated heterocycles. The topological polar surface area (TPSA) is 98.2 Å². The van der Waals surface area contributed by atoms with Gasteiger partial charge in [0.1, 0.15) is 0 Å². The van der Waals surface area contributed by atoms with Crippen molar-refractivity contribution in [2.45, 2.75) is 6.42 Å².